The van der Waals surface area contributed by atoms with Gasteiger partial charge < -0.3 is 15.6 Å². The zero-order valence-electron chi connectivity index (χ0n) is 16.5. The lowest BCUT2D eigenvalue weighted by molar-refractivity contribution is -0.127. The largest absolute Gasteiger partial charge is 0.354 e. The van der Waals surface area contributed by atoms with Gasteiger partial charge in [-0.1, -0.05) is 0 Å². The summed E-state index contributed by atoms with van der Waals surface area (Å²) in [6.45, 7) is 0.527. The minimum absolute atomic E-state index is 0.0571. The zero-order chi connectivity index (χ0) is 22.0. The SMILES string of the molecule is O=C(CCc1cc(-c2cc(F)ccc2F)[nH]c1-c1ccc(F)cc1)NC1CCNC1=O. The lowest BCUT2D eigenvalue weighted by Gasteiger charge is -2.10. The Morgan fingerprint density at radius 3 is 2.48 bits per heavy atom. The van der Waals surface area contributed by atoms with Crippen LogP contribution in [0.4, 0.5) is 13.2 Å². The number of aromatic nitrogens is 1. The summed E-state index contributed by atoms with van der Waals surface area (Å²) in [6, 6.07) is 10.0. The first-order chi connectivity index (χ1) is 14.9. The van der Waals surface area contributed by atoms with Crippen LogP contribution >= 0.6 is 0 Å². The van der Waals surface area contributed by atoms with Gasteiger partial charge in [0.25, 0.3) is 0 Å². The monoisotopic (exact) mass is 427 g/mol. The Balaban J connectivity index is 1.61. The molecule has 8 heteroatoms. The molecule has 3 N–H and O–H groups in total. The van der Waals surface area contributed by atoms with Gasteiger partial charge in [0.2, 0.25) is 11.8 Å². The number of H-pyrrole nitrogens is 1. The minimum atomic E-state index is -0.593. The number of aryl methyl sites for hydroxylation is 1. The van der Waals surface area contributed by atoms with Crippen LogP contribution in [-0.2, 0) is 16.0 Å². The van der Waals surface area contributed by atoms with Crippen LogP contribution in [0.2, 0.25) is 0 Å². The van der Waals surface area contributed by atoms with E-state index in [4.69, 9.17) is 0 Å². The third-order valence-corrected chi connectivity index (χ3v) is 5.26. The van der Waals surface area contributed by atoms with Crippen LogP contribution in [-0.4, -0.2) is 29.4 Å². The maximum Gasteiger partial charge on any atom is 0.242 e. The molecule has 31 heavy (non-hydrogen) atoms. The standard InChI is InChI=1S/C23H20F3N3O2/c24-15-4-1-13(2-5-15)22-14(3-8-21(30)28-19-9-10-27-23(19)31)11-20(29-22)17-12-16(25)6-7-18(17)26/h1-2,4-7,11-12,19,29H,3,8-10H2,(H,27,31)(H,28,30). The molecule has 0 bridgehead atoms. The van der Waals surface area contributed by atoms with Crippen LogP contribution in [0.5, 0.6) is 0 Å². The van der Waals surface area contributed by atoms with Crippen molar-refractivity contribution in [2.75, 3.05) is 6.54 Å². The van der Waals surface area contributed by atoms with Crippen molar-refractivity contribution in [2.45, 2.75) is 25.3 Å². The molecule has 1 aliphatic rings. The lowest BCUT2D eigenvalue weighted by Crippen LogP contribution is -2.40. The van der Waals surface area contributed by atoms with E-state index < -0.39 is 23.5 Å². The van der Waals surface area contributed by atoms with Gasteiger partial charge in [0.05, 0.1) is 0 Å². The van der Waals surface area contributed by atoms with Crippen molar-refractivity contribution in [1.82, 2.24) is 15.6 Å². The fourth-order valence-electron chi connectivity index (χ4n) is 3.66. The number of aromatic amines is 1. The fraction of sp³-hybridized carbons (Fsp3) is 0.217. The molecule has 0 radical (unpaired) electrons. The first kappa shape index (κ1) is 20.7. The Hall–Kier alpha value is -3.55. The minimum Gasteiger partial charge on any atom is -0.354 e. The highest BCUT2D eigenvalue weighted by Crippen LogP contribution is 2.31. The number of hydrogen-bond acceptors (Lipinski definition) is 2. The van der Waals surface area contributed by atoms with Crippen LogP contribution < -0.4 is 10.6 Å². The van der Waals surface area contributed by atoms with E-state index in [9.17, 15) is 22.8 Å². The summed E-state index contributed by atoms with van der Waals surface area (Å²) in [5.41, 5.74) is 2.33. The highest BCUT2D eigenvalue weighted by atomic mass is 19.1. The van der Waals surface area contributed by atoms with Gasteiger partial charge in [0.15, 0.2) is 0 Å². The molecule has 2 aromatic carbocycles. The van der Waals surface area contributed by atoms with Gasteiger partial charge in [-0.3, -0.25) is 9.59 Å². The van der Waals surface area contributed by atoms with Crippen molar-refractivity contribution in [2.24, 2.45) is 0 Å². The second kappa shape index (κ2) is 8.67. The smallest absolute Gasteiger partial charge is 0.242 e. The van der Waals surface area contributed by atoms with Gasteiger partial charge in [-0.05, 0) is 72.5 Å². The molecule has 1 fully saturated rings. The number of amides is 2. The predicted octanol–water partition coefficient (Wildman–Crippen LogP) is 3.70. The number of halogens is 3. The normalized spacial score (nSPS) is 15.7. The summed E-state index contributed by atoms with van der Waals surface area (Å²) in [5.74, 6) is -2.06. The molecule has 3 aromatic rings. The van der Waals surface area contributed by atoms with Crippen LogP contribution in [0, 0.1) is 17.5 Å². The van der Waals surface area contributed by atoms with E-state index in [-0.39, 0.29) is 23.8 Å². The third kappa shape index (κ3) is 4.63. The average Bonchev–Trinajstić information content (AvgIpc) is 3.35. The second-order valence-corrected chi connectivity index (χ2v) is 7.41. The lowest BCUT2D eigenvalue weighted by atomic mass is 10.0. The molecule has 4 rings (SSSR count). The van der Waals surface area contributed by atoms with Gasteiger partial charge in [0, 0.05) is 29.9 Å². The Morgan fingerprint density at radius 2 is 1.77 bits per heavy atom. The van der Waals surface area contributed by atoms with E-state index in [1.54, 1.807) is 18.2 Å². The first-order valence-electron chi connectivity index (χ1n) is 9.91. The van der Waals surface area contributed by atoms with E-state index in [0.29, 0.717) is 41.9 Å². The van der Waals surface area contributed by atoms with E-state index in [1.165, 1.54) is 12.1 Å². The van der Waals surface area contributed by atoms with E-state index in [0.717, 1.165) is 18.2 Å². The third-order valence-electron chi connectivity index (χ3n) is 5.26. The van der Waals surface area contributed by atoms with Gasteiger partial charge >= 0.3 is 0 Å². The Kier molecular flexibility index (Phi) is 5.79. The summed E-state index contributed by atoms with van der Waals surface area (Å²) in [7, 11) is 0. The summed E-state index contributed by atoms with van der Waals surface area (Å²) >= 11 is 0. The van der Waals surface area contributed by atoms with E-state index in [2.05, 4.69) is 15.6 Å². The highest BCUT2D eigenvalue weighted by molar-refractivity contribution is 5.89. The number of rotatable bonds is 6. The van der Waals surface area contributed by atoms with Crippen LogP contribution in [0.25, 0.3) is 22.5 Å². The molecule has 1 atom stereocenters. The summed E-state index contributed by atoms with van der Waals surface area (Å²) in [5, 5.41) is 5.36. The van der Waals surface area contributed by atoms with E-state index in [1.807, 2.05) is 0 Å². The number of carbonyl (C=O) groups excluding carboxylic acids is 2. The maximum absolute atomic E-state index is 14.3. The molecule has 1 unspecified atom stereocenters. The molecule has 2 amide bonds. The number of benzene rings is 2. The average molecular weight is 427 g/mol. The second-order valence-electron chi connectivity index (χ2n) is 7.41. The molecular formula is C23H20F3N3O2. The summed E-state index contributed by atoms with van der Waals surface area (Å²) < 4.78 is 41.3. The quantitative estimate of drug-likeness (QED) is 0.561. The molecule has 1 aromatic heterocycles. The Labute approximate surface area is 176 Å². The first-order valence-corrected chi connectivity index (χ1v) is 9.91. The molecule has 5 nitrogen and oxygen atoms in total. The number of hydrogen-bond donors (Lipinski definition) is 3. The summed E-state index contributed by atoms with van der Waals surface area (Å²) in [6.07, 6.45) is 0.930. The van der Waals surface area contributed by atoms with Crippen molar-refractivity contribution in [3.63, 3.8) is 0 Å². The highest BCUT2D eigenvalue weighted by Gasteiger charge is 2.25. The summed E-state index contributed by atoms with van der Waals surface area (Å²) in [4.78, 5) is 27.0. The predicted molar refractivity (Wildman–Crippen MR) is 109 cm³/mol. The number of carbonyl (C=O) groups is 2. The van der Waals surface area contributed by atoms with Crippen LogP contribution in [0.1, 0.15) is 18.4 Å². The van der Waals surface area contributed by atoms with Gasteiger partial charge in [-0.2, -0.15) is 0 Å². The van der Waals surface area contributed by atoms with Crippen molar-refractivity contribution in [3.05, 3.63) is 71.5 Å². The van der Waals surface area contributed by atoms with Crippen LogP contribution in [0.15, 0.2) is 48.5 Å². The fourth-order valence-corrected chi connectivity index (χ4v) is 3.66. The van der Waals surface area contributed by atoms with Crippen molar-refractivity contribution in [3.8, 4) is 22.5 Å². The zero-order valence-corrected chi connectivity index (χ0v) is 16.5. The molecule has 2 heterocycles. The topological polar surface area (TPSA) is 74.0 Å². The van der Waals surface area contributed by atoms with Crippen molar-refractivity contribution in [1.29, 1.82) is 0 Å². The van der Waals surface area contributed by atoms with Gasteiger partial charge in [-0.25, -0.2) is 13.2 Å². The van der Waals surface area contributed by atoms with Crippen LogP contribution in [0.3, 0.4) is 0 Å². The van der Waals surface area contributed by atoms with E-state index >= 15 is 0 Å². The number of nitrogens with one attached hydrogen (secondary N) is 3. The molecule has 0 saturated carbocycles. The molecule has 1 aliphatic heterocycles. The molecule has 0 spiro atoms. The molecular weight excluding hydrogens is 407 g/mol. The Bertz CT molecular complexity index is 1130. The van der Waals surface area contributed by atoms with Gasteiger partial charge in [-0.15, -0.1) is 0 Å². The van der Waals surface area contributed by atoms with Crippen molar-refractivity contribution < 1.29 is 22.8 Å². The van der Waals surface area contributed by atoms with Gasteiger partial charge in [0.1, 0.15) is 23.5 Å². The Morgan fingerprint density at radius 1 is 1.03 bits per heavy atom. The molecule has 160 valence electrons. The maximum atomic E-state index is 14.3. The van der Waals surface area contributed by atoms with Crippen molar-refractivity contribution >= 4 is 11.8 Å². The molecule has 0 aliphatic carbocycles. The molecule has 1 saturated heterocycles.